The van der Waals surface area contributed by atoms with Crippen LogP contribution in [-0.2, 0) is 0 Å². The lowest BCUT2D eigenvalue weighted by atomic mass is 10.1. The Morgan fingerprint density at radius 1 is 1.24 bits per heavy atom. The van der Waals surface area contributed by atoms with E-state index in [0.29, 0.717) is 0 Å². The van der Waals surface area contributed by atoms with Crippen LogP contribution >= 0.6 is 0 Å². The molecule has 4 heteroatoms. The molecule has 0 heterocycles. The van der Waals surface area contributed by atoms with Crippen molar-refractivity contribution in [2.24, 2.45) is 0 Å². The monoisotopic (exact) mass is 239 g/mol. The van der Waals surface area contributed by atoms with E-state index < -0.39 is 11.6 Å². The summed E-state index contributed by atoms with van der Waals surface area (Å²) in [4.78, 5) is 13.8. The van der Waals surface area contributed by atoms with E-state index in [1.165, 1.54) is 12.1 Å². The van der Waals surface area contributed by atoms with E-state index in [9.17, 15) is 14.3 Å². The number of aromatic hydroxyl groups is 1. The standard InChI is InChI=1S/C13H18FNO2/c1-8(2)15(9(3)4)13(17)10-6-5-7-11(14)12(10)16/h5-9,16H,1-4H3. The van der Waals surface area contributed by atoms with Gasteiger partial charge in [-0.05, 0) is 39.8 Å². The summed E-state index contributed by atoms with van der Waals surface area (Å²) in [5.41, 5.74) is 0.00685. The molecule has 94 valence electrons. The van der Waals surface area contributed by atoms with E-state index in [0.717, 1.165) is 6.07 Å². The minimum atomic E-state index is -0.775. The number of carbonyl (C=O) groups excluding carboxylic acids is 1. The smallest absolute Gasteiger partial charge is 0.258 e. The lowest BCUT2D eigenvalue weighted by Crippen LogP contribution is -2.42. The molecule has 0 saturated carbocycles. The zero-order chi connectivity index (χ0) is 13.2. The summed E-state index contributed by atoms with van der Waals surface area (Å²) >= 11 is 0. The molecule has 1 N–H and O–H groups in total. The van der Waals surface area contributed by atoms with Crippen LogP contribution in [-0.4, -0.2) is 28.0 Å². The molecule has 1 amide bonds. The van der Waals surface area contributed by atoms with E-state index in [2.05, 4.69) is 0 Å². The minimum Gasteiger partial charge on any atom is -0.504 e. The maximum Gasteiger partial charge on any atom is 0.258 e. The van der Waals surface area contributed by atoms with E-state index in [4.69, 9.17) is 0 Å². The highest BCUT2D eigenvalue weighted by Crippen LogP contribution is 2.23. The number of carbonyl (C=O) groups is 1. The molecule has 0 atom stereocenters. The van der Waals surface area contributed by atoms with Gasteiger partial charge in [0.05, 0.1) is 5.56 Å². The van der Waals surface area contributed by atoms with Gasteiger partial charge in [0.1, 0.15) is 0 Å². The van der Waals surface area contributed by atoms with E-state index in [-0.39, 0.29) is 23.6 Å². The van der Waals surface area contributed by atoms with Gasteiger partial charge in [0.15, 0.2) is 11.6 Å². The number of rotatable bonds is 3. The fourth-order valence-electron chi connectivity index (χ4n) is 1.89. The van der Waals surface area contributed by atoms with Crippen molar-refractivity contribution in [2.45, 2.75) is 39.8 Å². The maximum atomic E-state index is 13.2. The number of phenols is 1. The second kappa shape index (κ2) is 5.17. The molecule has 0 fully saturated rings. The van der Waals surface area contributed by atoms with Crippen LogP contribution in [0.5, 0.6) is 5.75 Å². The lowest BCUT2D eigenvalue weighted by molar-refractivity contribution is 0.0640. The Morgan fingerprint density at radius 3 is 2.24 bits per heavy atom. The molecule has 0 aliphatic rings. The molecule has 3 nitrogen and oxygen atoms in total. The SMILES string of the molecule is CC(C)N(C(=O)c1cccc(F)c1O)C(C)C. The minimum absolute atomic E-state index is 0.00685. The number of benzene rings is 1. The molecule has 1 aromatic carbocycles. The molecular formula is C13H18FNO2. The van der Waals surface area contributed by atoms with Gasteiger partial charge in [0.2, 0.25) is 0 Å². The normalized spacial score (nSPS) is 11.0. The first-order valence-electron chi connectivity index (χ1n) is 5.66. The molecule has 0 spiro atoms. The Balaban J connectivity index is 3.15. The van der Waals surface area contributed by atoms with Crippen molar-refractivity contribution in [3.8, 4) is 5.75 Å². The quantitative estimate of drug-likeness (QED) is 0.881. The number of halogens is 1. The van der Waals surface area contributed by atoms with Gasteiger partial charge >= 0.3 is 0 Å². The van der Waals surface area contributed by atoms with Crippen LogP contribution in [0.25, 0.3) is 0 Å². The summed E-state index contributed by atoms with van der Waals surface area (Å²) < 4.78 is 13.2. The third-order valence-corrected chi connectivity index (χ3v) is 2.56. The van der Waals surface area contributed by atoms with Gasteiger partial charge in [-0.3, -0.25) is 4.79 Å². The summed E-state index contributed by atoms with van der Waals surface area (Å²) in [7, 11) is 0. The van der Waals surface area contributed by atoms with Gasteiger partial charge in [-0.1, -0.05) is 6.07 Å². The molecule has 0 aliphatic heterocycles. The highest BCUT2D eigenvalue weighted by atomic mass is 19.1. The van der Waals surface area contributed by atoms with Crippen molar-refractivity contribution in [3.05, 3.63) is 29.6 Å². The first-order chi connectivity index (χ1) is 7.86. The molecule has 0 aliphatic carbocycles. The van der Waals surface area contributed by atoms with Gasteiger partial charge in [0.25, 0.3) is 5.91 Å². The fraction of sp³-hybridized carbons (Fsp3) is 0.462. The van der Waals surface area contributed by atoms with Gasteiger partial charge < -0.3 is 10.0 Å². The van der Waals surface area contributed by atoms with E-state index in [1.807, 2.05) is 27.7 Å². The Morgan fingerprint density at radius 2 is 1.76 bits per heavy atom. The highest BCUT2D eigenvalue weighted by Gasteiger charge is 2.24. The van der Waals surface area contributed by atoms with Crippen LogP contribution in [0.4, 0.5) is 4.39 Å². The topological polar surface area (TPSA) is 40.5 Å². The van der Waals surface area contributed by atoms with Crippen LogP contribution in [0.3, 0.4) is 0 Å². The van der Waals surface area contributed by atoms with Crippen molar-refractivity contribution in [1.29, 1.82) is 0 Å². The van der Waals surface area contributed by atoms with Crippen LogP contribution in [0.15, 0.2) is 18.2 Å². The molecule has 17 heavy (non-hydrogen) atoms. The highest BCUT2D eigenvalue weighted by molar-refractivity contribution is 5.97. The van der Waals surface area contributed by atoms with Crippen LogP contribution in [0, 0.1) is 5.82 Å². The number of para-hydroxylation sites is 1. The fourth-order valence-corrected chi connectivity index (χ4v) is 1.89. The number of hydrogen-bond acceptors (Lipinski definition) is 2. The summed E-state index contributed by atoms with van der Waals surface area (Å²) in [5.74, 6) is -1.71. The molecular weight excluding hydrogens is 221 g/mol. The Bertz CT molecular complexity index is 408. The van der Waals surface area contributed by atoms with Crippen LogP contribution < -0.4 is 0 Å². The zero-order valence-electron chi connectivity index (χ0n) is 10.6. The summed E-state index contributed by atoms with van der Waals surface area (Å²) in [6.45, 7) is 7.53. The molecule has 0 aromatic heterocycles. The first-order valence-corrected chi connectivity index (χ1v) is 5.66. The van der Waals surface area contributed by atoms with Crippen molar-refractivity contribution in [1.82, 2.24) is 4.90 Å². The predicted octanol–water partition coefficient (Wildman–Crippen LogP) is 2.79. The van der Waals surface area contributed by atoms with Gasteiger partial charge in [0, 0.05) is 12.1 Å². The summed E-state index contributed by atoms with van der Waals surface area (Å²) in [6, 6.07) is 3.95. The average Bonchev–Trinajstić information content (AvgIpc) is 2.20. The molecule has 0 saturated heterocycles. The molecule has 0 radical (unpaired) electrons. The molecule has 0 unspecified atom stereocenters. The van der Waals surface area contributed by atoms with Crippen LogP contribution in [0.1, 0.15) is 38.1 Å². The van der Waals surface area contributed by atoms with E-state index >= 15 is 0 Å². The number of amides is 1. The number of phenolic OH excluding ortho intramolecular Hbond substituents is 1. The summed E-state index contributed by atoms with van der Waals surface area (Å²) in [5, 5.41) is 9.56. The average molecular weight is 239 g/mol. The van der Waals surface area contributed by atoms with E-state index in [1.54, 1.807) is 4.90 Å². The zero-order valence-corrected chi connectivity index (χ0v) is 10.6. The lowest BCUT2D eigenvalue weighted by Gasteiger charge is -2.31. The van der Waals surface area contributed by atoms with Gasteiger partial charge in [-0.25, -0.2) is 4.39 Å². The molecule has 1 rings (SSSR count). The second-order valence-electron chi connectivity index (χ2n) is 4.54. The Kier molecular flexibility index (Phi) is 4.10. The first kappa shape index (κ1) is 13.5. The third kappa shape index (κ3) is 2.75. The Hall–Kier alpha value is -1.58. The number of nitrogens with zero attached hydrogens (tertiary/aromatic N) is 1. The van der Waals surface area contributed by atoms with Crippen molar-refractivity contribution in [3.63, 3.8) is 0 Å². The third-order valence-electron chi connectivity index (χ3n) is 2.56. The largest absolute Gasteiger partial charge is 0.504 e. The number of hydrogen-bond donors (Lipinski definition) is 1. The van der Waals surface area contributed by atoms with Crippen molar-refractivity contribution >= 4 is 5.91 Å². The second-order valence-corrected chi connectivity index (χ2v) is 4.54. The van der Waals surface area contributed by atoms with Gasteiger partial charge in [-0.15, -0.1) is 0 Å². The van der Waals surface area contributed by atoms with Crippen molar-refractivity contribution in [2.75, 3.05) is 0 Å². The van der Waals surface area contributed by atoms with Crippen molar-refractivity contribution < 1.29 is 14.3 Å². The predicted molar refractivity (Wildman–Crippen MR) is 64.5 cm³/mol. The maximum absolute atomic E-state index is 13.2. The van der Waals surface area contributed by atoms with Gasteiger partial charge in [-0.2, -0.15) is 0 Å². The molecule has 1 aromatic rings. The Labute approximate surface area is 101 Å². The molecule has 0 bridgehead atoms. The van der Waals surface area contributed by atoms with Crippen LogP contribution in [0.2, 0.25) is 0 Å². The summed E-state index contributed by atoms with van der Waals surface area (Å²) in [6.07, 6.45) is 0.